The molecule has 0 aliphatic heterocycles. The first-order valence-electron chi connectivity index (χ1n) is 7.22. The lowest BCUT2D eigenvalue weighted by molar-refractivity contribution is 0.0881. The third-order valence-electron chi connectivity index (χ3n) is 4.13. The smallest absolute Gasteiger partial charge is 0.268 e. The van der Waals surface area contributed by atoms with Gasteiger partial charge in [0.1, 0.15) is 5.69 Å². The van der Waals surface area contributed by atoms with Gasteiger partial charge in [-0.2, -0.15) is 0 Å². The maximum atomic E-state index is 12.5. The SMILES string of the molecule is CCC(CC)(NC(=O)c1cccn1C)c1ccc(Cl)cc1. The second kappa shape index (κ2) is 6.35. The zero-order valence-corrected chi connectivity index (χ0v) is 13.4. The number of benzene rings is 1. The largest absolute Gasteiger partial charge is 0.347 e. The molecule has 0 saturated heterocycles. The minimum Gasteiger partial charge on any atom is -0.347 e. The lowest BCUT2D eigenvalue weighted by Gasteiger charge is -2.33. The Morgan fingerprint density at radius 1 is 1.19 bits per heavy atom. The molecule has 0 unspecified atom stereocenters. The standard InChI is InChI=1S/C17H21ClN2O/c1-4-17(5-2,13-8-10-14(18)11-9-13)19-16(21)15-7-6-12-20(15)3/h6-12H,4-5H2,1-3H3,(H,19,21). The van der Waals surface area contributed by atoms with Crippen molar-refractivity contribution >= 4 is 17.5 Å². The van der Waals surface area contributed by atoms with Crippen molar-refractivity contribution in [3.8, 4) is 0 Å². The highest BCUT2D eigenvalue weighted by Crippen LogP contribution is 2.30. The van der Waals surface area contributed by atoms with Gasteiger partial charge in [0.05, 0.1) is 5.54 Å². The molecule has 2 aromatic rings. The van der Waals surface area contributed by atoms with Gasteiger partial charge >= 0.3 is 0 Å². The number of rotatable bonds is 5. The van der Waals surface area contributed by atoms with Gasteiger partial charge in [-0.15, -0.1) is 0 Å². The maximum Gasteiger partial charge on any atom is 0.268 e. The highest BCUT2D eigenvalue weighted by molar-refractivity contribution is 6.30. The van der Waals surface area contributed by atoms with Crippen LogP contribution in [0, 0.1) is 0 Å². The normalized spacial score (nSPS) is 11.4. The first-order chi connectivity index (χ1) is 10.0. The Morgan fingerprint density at radius 3 is 2.29 bits per heavy atom. The van der Waals surface area contributed by atoms with Crippen LogP contribution in [0.2, 0.25) is 5.02 Å². The van der Waals surface area contributed by atoms with E-state index in [0.29, 0.717) is 10.7 Å². The highest BCUT2D eigenvalue weighted by Gasteiger charge is 2.31. The van der Waals surface area contributed by atoms with Gasteiger partial charge in [-0.3, -0.25) is 4.79 Å². The topological polar surface area (TPSA) is 34.0 Å². The van der Waals surface area contributed by atoms with E-state index >= 15 is 0 Å². The minimum absolute atomic E-state index is 0.0545. The zero-order valence-electron chi connectivity index (χ0n) is 12.7. The van der Waals surface area contributed by atoms with Crippen molar-refractivity contribution in [2.45, 2.75) is 32.2 Å². The Kier molecular flexibility index (Phi) is 4.73. The molecule has 1 N–H and O–H groups in total. The summed E-state index contributed by atoms with van der Waals surface area (Å²) in [6, 6.07) is 11.4. The van der Waals surface area contributed by atoms with Crippen molar-refractivity contribution in [1.29, 1.82) is 0 Å². The van der Waals surface area contributed by atoms with Gasteiger partial charge in [0.2, 0.25) is 0 Å². The molecule has 0 atom stereocenters. The van der Waals surface area contributed by atoms with Crippen molar-refractivity contribution in [3.63, 3.8) is 0 Å². The van der Waals surface area contributed by atoms with Crippen LogP contribution in [-0.4, -0.2) is 10.5 Å². The van der Waals surface area contributed by atoms with Gasteiger partial charge in [-0.25, -0.2) is 0 Å². The zero-order chi connectivity index (χ0) is 15.5. The third-order valence-corrected chi connectivity index (χ3v) is 4.39. The predicted molar refractivity (Wildman–Crippen MR) is 86.6 cm³/mol. The Bertz CT molecular complexity index is 612. The van der Waals surface area contributed by atoms with Crippen LogP contribution in [-0.2, 0) is 12.6 Å². The monoisotopic (exact) mass is 304 g/mol. The number of nitrogens with zero attached hydrogens (tertiary/aromatic N) is 1. The van der Waals surface area contributed by atoms with Crippen LogP contribution < -0.4 is 5.32 Å². The molecule has 0 bridgehead atoms. The molecule has 4 heteroatoms. The third kappa shape index (κ3) is 3.13. The molecule has 1 aromatic carbocycles. The van der Waals surface area contributed by atoms with Crippen LogP contribution >= 0.6 is 11.6 Å². The first-order valence-corrected chi connectivity index (χ1v) is 7.60. The molecule has 21 heavy (non-hydrogen) atoms. The summed E-state index contributed by atoms with van der Waals surface area (Å²) >= 11 is 5.97. The van der Waals surface area contributed by atoms with Gasteiger partial charge in [0, 0.05) is 18.3 Å². The molecule has 112 valence electrons. The van der Waals surface area contributed by atoms with E-state index < -0.39 is 0 Å². The molecule has 1 aromatic heterocycles. The Hall–Kier alpha value is -1.74. The molecule has 0 aliphatic rings. The summed E-state index contributed by atoms with van der Waals surface area (Å²) in [7, 11) is 1.87. The number of nitrogens with one attached hydrogen (secondary N) is 1. The summed E-state index contributed by atoms with van der Waals surface area (Å²) in [6.45, 7) is 4.17. The number of hydrogen-bond donors (Lipinski definition) is 1. The Labute approximate surface area is 130 Å². The van der Waals surface area contributed by atoms with Gasteiger partial charge < -0.3 is 9.88 Å². The summed E-state index contributed by atoms with van der Waals surface area (Å²) in [5, 5.41) is 3.91. The van der Waals surface area contributed by atoms with Gasteiger partial charge in [-0.1, -0.05) is 37.6 Å². The van der Waals surface area contributed by atoms with Crippen molar-refractivity contribution in [2.24, 2.45) is 7.05 Å². The van der Waals surface area contributed by atoms with Crippen molar-refractivity contribution in [1.82, 2.24) is 9.88 Å². The molecule has 3 nitrogen and oxygen atoms in total. The fraction of sp³-hybridized carbons (Fsp3) is 0.353. The van der Waals surface area contributed by atoms with Crippen molar-refractivity contribution in [2.75, 3.05) is 0 Å². The summed E-state index contributed by atoms with van der Waals surface area (Å²) in [6.07, 6.45) is 3.51. The van der Waals surface area contributed by atoms with E-state index in [1.165, 1.54) is 0 Å². The molecule has 0 saturated carbocycles. The number of amides is 1. The number of carbonyl (C=O) groups excluding carboxylic acids is 1. The lowest BCUT2D eigenvalue weighted by atomic mass is 9.84. The second-order valence-corrected chi connectivity index (χ2v) is 5.69. The summed E-state index contributed by atoms with van der Waals surface area (Å²) in [5.41, 5.74) is 1.38. The molecule has 0 aliphatic carbocycles. The van der Waals surface area contributed by atoms with Gasteiger partial charge in [0.15, 0.2) is 0 Å². The van der Waals surface area contributed by atoms with E-state index in [1.807, 2.05) is 54.2 Å². The van der Waals surface area contributed by atoms with Crippen molar-refractivity contribution in [3.05, 3.63) is 58.9 Å². The number of carbonyl (C=O) groups is 1. The number of halogens is 1. The first kappa shape index (κ1) is 15.6. The van der Waals surface area contributed by atoms with E-state index in [9.17, 15) is 4.79 Å². The predicted octanol–water partition coefficient (Wildman–Crippen LogP) is 4.12. The van der Waals surface area contributed by atoms with E-state index in [0.717, 1.165) is 18.4 Å². The Balaban J connectivity index is 2.32. The van der Waals surface area contributed by atoms with Crippen LogP contribution in [0.25, 0.3) is 0 Å². The van der Waals surface area contributed by atoms with Crippen molar-refractivity contribution < 1.29 is 4.79 Å². The fourth-order valence-corrected chi connectivity index (χ4v) is 2.78. The van der Waals surface area contributed by atoms with Crippen LogP contribution in [0.5, 0.6) is 0 Å². The fourth-order valence-electron chi connectivity index (χ4n) is 2.65. The lowest BCUT2D eigenvalue weighted by Crippen LogP contribution is -2.45. The highest BCUT2D eigenvalue weighted by atomic mass is 35.5. The summed E-state index contributed by atoms with van der Waals surface area (Å²) in [4.78, 5) is 12.5. The molecule has 0 fully saturated rings. The van der Waals surface area contributed by atoms with Crippen LogP contribution in [0.4, 0.5) is 0 Å². The summed E-state index contributed by atoms with van der Waals surface area (Å²) in [5.74, 6) is -0.0545. The molecule has 1 heterocycles. The van der Waals surface area contributed by atoms with E-state index in [2.05, 4.69) is 19.2 Å². The van der Waals surface area contributed by atoms with Gasteiger partial charge in [0.25, 0.3) is 5.91 Å². The van der Waals surface area contributed by atoms with Gasteiger partial charge in [-0.05, 0) is 42.7 Å². The average molecular weight is 305 g/mol. The molecule has 0 spiro atoms. The van der Waals surface area contributed by atoms with E-state index in [4.69, 9.17) is 11.6 Å². The van der Waals surface area contributed by atoms with E-state index in [-0.39, 0.29) is 11.4 Å². The molecule has 2 rings (SSSR count). The quantitative estimate of drug-likeness (QED) is 0.885. The molecular weight excluding hydrogens is 284 g/mol. The molecule has 1 amide bonds. The number of hydrogen-bond acceptors (Lipinski definition) is 1. The summed E-state index contributed by atoms with van der Waals surface area (Å²) < 4.78 is 1.83. The van der Waals surface area contributed by atoms with Crippen LogP contribution in [0.15, 0.2) is 42.6 Å². The average Bonchev–Trinajstić information content (AvgIpc) is 2.92. The number of aromatic nitrogens is 1. The van der Waals surface area contributed by atoms with Crippen LogP contribution in [0.3, 0.4) is 0 Å². The molecule has 0 radical (unpaired) electrons. The maximum absolute atomic E-state index is 12.5. The minimum atomic E-state index is -0.369. The second-order valence-electron chi connectivity index (χ2n) is 5.25. The van der Waals surface area contributed by atoms with Crippen LogP contribution in [0.1, 0.15) is 42.7 Å². The Morgan fingerprint density at radius 2 is 1.81 bits per heavy atom. The number of aryl methyl sites for hydroxylation is 1. The van der Waals surface area contributed by atoms with E-state index in [1.54, 1.807) is 0 Å². The molecular formula is C17H21ClN2O.